The number of benzene rings is 2. The lowest BCUT2D eigenvalue weighted by molar-refractivity contribution is -0.116. The summed E-state index contributed by atoms with van der Waals surface area (Å²) in [4.78, 5) is 12.4. The molecule has 0 aliphatic rings. The first-order valence-electron chi connectivity index (χ1n) is 7.96. The Labute approximate surface area is 163 Å². The van der Waals surface area contributed by atoms with Gasteiger partial charge in [-0.25, -0.2) is 13.1 Å². The van der Waals surface area contributed by atoms with E-state index >= 15 is 0 Å². The number of hydrogen-bond acceptors (Lipinski definition) is 5. The summed E-state index contributed by atoms with van der Waals surface area (Å²) in [5, 5.41) is 3.06. The Morgan fingerprint density at radius 1 is 1.11 bits per heavy atom. The molecule has 0 unspecified atom stereocenters. The second-order valence-corrected chi connectivity index (χ2v) is 8.00. The summed E-state index contributed by atoms with van der Waals surface area (Å²) in [6.07, 6.45) is 0.952. The highest BCUT2D eigenvalue weighted by Gasteiger charge is 2.20. The average Bonchev–Trinajstić information content (AvgIpc) is 2.60. The van der Waals surface area contributed by atoms with Crippen molar-refractivity contribution in [2.45, 2.75) is 12.5 Å². The highest BCUT2D eigenvalue weighted by Crippen LogP contribution is 2.28. The zero-order valence-corrected chi connectivity index (χ0v) is 16.7. The van der Waals surface area contributed by atoms with Crippen molar-refractivity contribution in [3.8, 4) is 11.5 Å². The summed E-state index contributed by atoms with van der Waals surface area (Å²) < 4.78 is 36.0. The second kappa shape index (κ2) is 9.07. The highest BCUT2D eigenvalue weighted by atomic mass is 35.5. The third-order valence-electron chi connectivity index (χ3n) is 3.70. The van der Waals surface area contributed by atoms with Crippen LogP contribution in [0.3, 0.4) is 0 Å². The molecule has 2 aromatic rings. The van der Waals surface area contributed by atoms with Crippen molar-refractivity contribution in [2.75, 3.05) is 25.8 Å². The molecule has 2 N–H and O–H groups in total. The molecule has 2 rings (SSSR count). The number of sulfonamides is 1. The third kappa shape index (κ3) is 6.42. The molecular formula is C18H21ClN2O5S. The monoisotopic (exact) mass is 412 g/mol. The molecule has 7 nitrogen and oxygen atoms in total. The van der Waals surface area contributed by atoms with Crippen LogP contribution in [-0.4, -0.2) is 34.8 Å². The number of methoxy groups -OCH3 is 2. The van der Waals surface area contributed by atoms with E-state index in [1.807, 2.05) is 0 Å². The topological polar surface area (TPSA) is 93.7 Å². The molecule has 0 aromatic heterocycles. The molecule has 146 valence electrons. The van der Waals surface area contributed by atoms with Gasteiger partial charge in [0.05, 0.1) is 31.5 Å². The number of carbonyl (C=O) groups excluding carboxylic acids is 1. The maximum atomic E-state index is 12.4. The highest BCUT2D eigenvalue weighted by molar-refractivity contribution is 7.88. The summed E-state index contributed by atoms with van der Waals surface area (Å²) in [6.45, 7) is 0. The van der Waals surface area contributed by atoms with E-state index < -0.39 is 16.1 Å². The second-order valence-electron chi connectivity index (χ2n) is 5.82. The van der Waals surface area contributed by atoms with Crippen molar-refractivity contribution in [2.24, 2.45) is 0 Å². The van der Waals surface area contributed by atoms with E-state index in [0.29, 0.717) is 27.8 Å². The molecule has 0 spiro atoms. The normalized spacial score (nSPS) is 12.3. The van der Waals surface area contributed by atoms with Crippen molar-refractivity contribution < 1.29 is 22.7 Å². The van der Waals surface area contributed by atoms with E-state index in [0.717, 1.165) is 6.26 Å². The van der Waals surface area contributed by atoms with E-state index in [2.05, 4.69) is 10.0 Å². The van der Waals surface area contributed by atoms with Crippen LogP contribution >= 0.6 is 11.6 Å². The quantitative estimate of drug-likeness (QED) is 0.695. The van der Waals surface area contributed by atoms with Crippen LogP contribution in [0.1, 0.15) is 18.0 Å². The lowest BCUT2D eigenvalue weighted by Gasteiger charge is -2.18. The van der Waals surface area contributed by atoms with Gasteiger partial charge in [0.25, 0.3) is 0 Å². The molecule has 0 bridgehead atoms. The Hall–Kier alpha value is -2.29. The van der Waals surface area contributed by atoms with E-state index in [1.54, 1.807) is 42.5 Å². The number of amides is 1. The van der Waals surface area contributed by atoms with Crippen molar-refractivity contribution in [3.63, 3.8) is 0 Å². The first-order valence-corrected chi connectivity index (χ1v) is 10.2. The summed E-state index contributed by atoms with van der Waals surface area (Å²) in [5.74, 6) is 0.756. The predicted molar refractivity (Wildman–Crippen MR) is 105 cm³/mol. The number of ether oxygens (including phenoxy) is 2. The summed E-state index contributed by atoms with van der Waals surface area (Å²) >= 11 is 6.05. The number of nitrogens with one attached hydrogen (secondary N) is 2. The van der Waals surface area contributed by atoms with Crippen LogP contribution < -0.4 is 19.5 Å². The van der Waals surface area contributed by atoms with Crippen LogP contribution in [0.25, 0.3) is 0 Å². The minimum absolute atomic E-state index is 0.0942. The van der Waals surface area contributed by atoms with Gasteiger partial charge in [-0.2, -0.15) is 0 Å². The van der Waals surface area contributed by atoms with Crippen LogP contribution in [0.4, 0.5) is 5.69 Å². The SMILES string of the molecule is COc1ccc([C@@H](CC(=O)Nc2ccc(OC)c(Cl)c2)NS(C)(=O)=O)cc1. The van der Waals surface area contributed by atoms with Gasteiger partial charge < -0.3 is 14.8 Å². The Kier molecular flexibility index (Phi) is 7.06. The van der Waals surface area contributed by atoms with Gasteiger partial charge in [-0.15, -0.1) is 0 Å². The standard InChI is InChI=1S/C18H21ClN2O5S/c1-25-14-7-4-12(5-8-14)16(21-27(3,23)24)11-18(22)20-13-6-9-17(26-2)15(19)10-13/h4-10,16,21H,11H2,1-3H3,(H,20,22)/t16-/m1/s1. The molecule has 1 amide bonds. The van der Waals surface area contributed by atoms with Crippen LogP contribution in [0.2, 0.25) is 5.02 Å². The predicted octanol–water partition coefficient (Wildman–Crippen LogP) is 2.98. The zero-order chi connectivity index (χ0) is 20.0. The molecule has 0 radical (unpaired) electrons. The maximum absolute atomic E-state index is 12.4. The first-order chi connectivity index (χ1) is 12.7. The minimum Gasteiger partial charge on any atom is -0.497 e. The Bertz CT molecular complexity index is 900. The van der Waals surface area contributed by atoms with Gasteiger partial charge in [-0.05, 0) is 35.9 Å². The Morgan fingerprint density at radius 3 is 2.30 bits per heavy atom. The molecular weight excluding hydrogens is 392 g/mol. The van der Waals surface area contributed by atoms with E-state index in [-0.39, 0.29) is 12.3 Å². The fraction of sp³-hybridized carbons (Fsp3) is 0.278. The van der Waals surface area contributed by atoms with Crippen LogP contribution in [-0.2, 0) is 14.8 Å². The minimum atomic E-state index is -3.52. The van der Waals surface area contributed by atoms with Gasteiger partial charge >= 0.3 is 0 Å². The molecule has 9 heteroatoms. The summed E-state index contributed by atoms with van der Waals surface area (Å²) in [7, 11) is -0.488. The van der Waals surface area contributed by atoms with Crippen LogP contribution in [0.15, 0.2) is 42.5 Å². The van der Waals surface area contributed by atoms with Gasteiger partial charge in [0.15, 0.2) is 0 Å². The molecule has 0 saturated heterocycles. The lowest BCUT2D eigenvalue weighted by atomic mass is 10.0. The summed E-state index contributed by atoms with van der Waals surface area (Å²) in [6, 6.07) is 10.9. The fourth-order valence-electron chi connectivity index (χ4n) is 2.46. The molecule has 2 aromatic carbocycles. The number of carbonyl (C=O) groups is 1. The Balaban J connectivity index is 2.15. The molecule has 0 aliphatic heterocycles. The molecule has 0 fully saturated rings. The molecule has 1 atom stereocenters. The van der Waals surface area contributed by atoms with Gasteiger partial charge in [-0.1, -0.05) is 23.7 Å². The van der Waals surface area contributed by atoms with Gasteiger partial charge in [0, 0.05) is 12.1 Å². The molecule has 0 saturated carbocycles. The van der Waals surface area contributed by atoms with Crippen molar-refractivity contribution >= 4 is 33.2 Å². The smallest absolute Gasteiger partial charge is 0.226 e. The van der Waals surface area contributed by atoms with Gasteiger partial charge in [0.1, 0.15) is 11.5 Å². The summed E-state index contributed by atoms with van der Waals surface area (Å²) in [5.41, 5.74) is 1.13. The van der Waals surface area contributed by atoms with Gasteiger partial charge in [-0.3, -0.25) is 4.79 Å². The number of rotatable bonds is 8. The Morgan fingerprint density at radius 2 is 1.78 bits per heavy atom. The lowest BCUT2D eigenvalue weighted by Crippen LogP contribution is -2.30. The molecule has 0 aliphatic carbocycles. The fourth-order valence-corrected chi connectivity index (χ4v) is 3.46. The van der Waals surface area contributed by atoms with E-state index in [9.17, 15) is 13.2 Å². The largest absolute Gasteiger partial charge is 0.497 e. The number of hydrogen-bond donors (Lipinski definition) is 2. The molecule has 27 heavy (non-hydrogen) atoms. The molecule has 0 heterocycles. The number of anilines is 1. The van der Waals surface area contributed by atoms with Gasteiger partial charge in [0.2, 0.25) is 15.9 Å². The third-order valence-corrected chi connectivity index (χ3v) is 4.71. The van der Waals surface area contributed by atoms with Crippen molar-refractivity contribution in [1.29, 1.82) is 0 Å². The zero-order valence-electron chi connectivity index (χ0n) is 15.2. The first kappa shape index (κ1) is 21.0. The van der Waals surface area contributed by atoms with Crippen LogP contribution in [0, 0.1) is 0 Å². The van der Waals surface area contributed by atoms with E-state index in [4.69, 9.17) is 21.1 Å². The average molecular weight is 413 g/mol. The van der Waals surface area contributed by atoms with Crippen molar-refractivity contribution in [3.05, 3.63) is 53.1 Å². The maximum Gasteiger partial charge on any atom is 0.226 e. The van der Waals surface area contributed by atoms with Crippen molar-refractivity contribution in [1.82, 2.24) is 4.72 Å². The van der Waals surface area contributed by atoms with E-state index in [1.165, 1.54) is 14.2 Å². The number of halogens is 1. The van der Waals surface area contributed by atoms with Crippen LogP contribution in [0.5, 0.6) is 11.5 Å².